The first-order valence-electron chi connectivity index (χ1n) is 13.3. The summed E-state index contributed by atoms with van der Waals surface area (Å²) in [6, 6.07) is 27.6. The van der Waals surface area contributed by atoms with Gasteiger partial charge < -0.3 is 10.2 Å². The van der Waals surface area contributed by atoms with Gasteiger partial charge in [0.1, 0.15) is 11.5 Å². The van der Waals surface area contributed by atoms with Crippen LogP contribution in [-0.4, -0.2) is 22.6 Å². The number of para-hydroxylation sites is 2. The Morgan fingerprint density at radius 3 is 1.26 bits per heavy atom. The highest BCUT2D eigenvalue weighted by Crippen LogP contribution is 2.37. The Balaban J connectivity index is 1.78. The molecular weight excluding hydrogens is 480 g/mol. The van der Waals surface area contributed by atoms with Gasteiger partial charge in [-0.25, -0.2) is 0 Å². The third kappa shape index (κ3) is 7.02. The Kier molecular flexibility index (Phi) is 8.06. The van der Waals surface area contributed by atoms with Gasteiger partial charge in [-0.15, -0.1) is 0 Å². The standard InChI is InChI=1S/C35H38N2O2/c1-34(2,3)30-20-24(18-26(32(30)38)22-36-28-13-9-7-10-14-28)17-25-19-27(23-37-29-15-11-8-12-16-29)33(39)31(21-25)35(4,5)6/h7-16,18-23,38-39H,17H2,1-6H3/b36-22+,37-23+. The van der Waals surface area contributed by atoms with Crippen LogP contribution in [0.15, 0.2) is 94.9 Å². The lowest BCUT2D eigenvalue weighted by molar-refractivity contribution is 0.445. The van der Waals surface area contributed by atoms with E-state index in [1.165, 1.54) is 0 Å². The van der Waals surface area contributed by atoms with Gasteiger partial charge >= 0.3 is 0 Å². The lowest BCUT2D eigenvalue weighted by atomic mass is 9.82. The maximum absolute atomic E-state index is 11.2. The van der Waals surface area contributed by atoms with Crippen LogP contribution in [-0.2, 0) is 17.3 Å². The Hall–Kier alpha value is -4.18. The maximum Gasteiger partial charge on any atom is 0.128 e. The predicted molar refractivity (Wildman–Crippen MR) is 164 cm³/mol. The van der Waals surface area contributed by atoms with E-state index < -0.39 is 0 Å². The van der Waals surface area contributed by atoms with Gasteiger partial charge in [-0.2, -0.15) is 0 Å². The van der Waals surface area contributed by atoms with Crippen molar-refractivity contribution >= 4 is 23.8 Å². The van der Waals surface area contributed by atoms with Gasteiger partial charge in [0.2, 0.25) is 0 Å². The van der Waals surface area contributed by atoms with Crippen molar-refractivity contribution in [2.45, 2.75) is 58.8 Å². The summed E-state index contributed by atoms with van der Waals surface area (Å²) in [6.45, 7) is 12.6. The number of rotatable bonds is 6. The van der Waals surface area contributed by atoms with Crippen LogP contribution in [0.5, 0.6) is 11.5 Å². The van der Waals surface area contributed by atoms with E-state index >= 15 is 0 Å². The van der Waals surface area contributed by atoms with Crippen molar-refractivity contribution in [2.75, 3.05) is 0 Å². The minimum absolute atomic E-state index is 0.253. The van der Waals surface area contributed by atoms with Crippen LogP contribution >= 0.6 is 0 Å². The van der Waals surface area contributed by atoms with Crippen molar-refractivity contribution in [3.05, 3.63) is 118 Å². The molecule has 0 radical (unpaired) electrons. The molecule has 2 N–H and O–H groups in total. The van der Waals surface area contributed by atoms with Crippen LogP contribution in [0.1, 0.15) is 74.9 Å². The molecule has 0 aliphatic carbocycles. The van der Waals surface area contributed by atoms with Crippen LogP contribution in [0, 0.1) is 0 Å². The first-order chi connectivity index (χ1) is 18.4. The molecule has 200 valence electrons. The summed E-state index contributed by atoms with van der Waals surface area (Å²) in [5.74, 6) is 0.505. The van der Waals surface area contributed by atoms with Crippen molar-refractivity contribution in [2.24, 2.45) is 9.98 Å². The second kappa shape index (κ2) is 11.3. The Morgan fingerprint density at radius 1 is 0.564 bits per heavy atom. The molecule has 39 heavy (non-hydrogen) atoms. The highest BCUT2D eigenvalue weighted by Gasteiger charge is 2.23. The third-order valence-electron chi connectivity index (χ3n) is 6.64. The molecule has 4 nitrogen and oxygen atoms in total. The smallest absolute Gasteiger partial charge is 0.128 e. The SMILES string of the molecule is CC(C)(C)c1cc(Cc2cc(/C=N/c3ccccc3)c(O)c(C(C)(C)C)c2)cc(/C=N/c2ccccc2)c1O. The summed E-state index contributed by atoms with van der Waals surface area (Å²) in [4.78, 5) is 9.20. The first-order valence-corrected chi connectivity index (χ1v) is 13.3. The van der Waals surface area contributed by atoms with E-state index in [0.29, 0.717) is 17.5 Å². The Morgan fingerprint density at radius 2 is 0.923 bits per heavy atom. The predicted octanol–water partition coefficient (Wildman–Crippen LogP) is 8.78. The zero-order valence-electron chi connectivity index (χ0n) is 23.7. The summed E-state index contributed by atoms with van der Waals surface area (Å²) in [7, 11) is 0. The van der Waals surface area contributed by atoms with Gasteiger partial charge in [0.05, 0.1) is 11.4 Å². The lowest BCUT2D eigenvalue weighted by Crippen LogP contribution is -2.14. The van der Waals surface area contributed by atoms with Gasteiger partial charge in [-0.1, -0.05) is 90.1 Å². The van der Waals surface area contributed by atoms with Gasteiger partial charge in [-0.05, 0) is 64.8 Å². The number of hydrogen-bond donors (Lipinski definition) is 2. The molecule has 0 aliphatic rings. The molecule has 4 aromatic carbocycles. The van der Waals surface area contributed by atoms with Gasteiger partial charge in [0, 0.05) is 34.7 Å². The molecule has 4 heteroatoms. The van der Waals surface area contributed by atoms with Crippen LogP contribution in [0.25, 0.3) is 0 Å². The second-order valence-electron chi connectivity index (χ2n) is 12.0. The highest BCUT2D eigenvalue weighted by molar-refractivity contribution is 5.87. The zero-order valence-corrected chi connectivity index (χ0v) is 23.7. The van der Waals surface area contributed by atoms with Crippen LogP contribution in [0.2, 0.25) is 0 Å². The summed E-state index contributed by atoms with van der Waals surface area (Å²) >= 11 is 0. The van der Waals surface area contributed by atoms with Crippen molar-refractivity contribution in [1.82, 2.24) is 0 Å². The Bertz CT molecular complexity index is 1380. The second-order valence-corrected chi connectivity index (χ2v) is 12.0. The normalized spacial score (nSPS) is 12.5. The molecule has 0 unspecified atom stereocenters. The van der Waals surface area contributed by atoms with E-state index in [9.17, 15) is 10.2 Å². The number of hydrogen-bond acceptors (Lipinski definition) is 4. The number of aromatic hydroxyl groups is 2. The first kappa shape index (κ1) is 27.8. The van der Waals surface area contributed by atoms with Crippen LogP contribution in [0.3, 0.4) is 0 Å². The van der Waals surface area contributed by atoms with E-state index in [-0.39, 0.29) is 22.3 Å². The monoisotopic (exact) mass is 518 g/mol. The number of phenols is 2. The molecule has 0 heterocycles. The molecule has 0 spiro atoms. The minimum Gasteiger partial charge on any atom is -0.507 e. The van der Waals surface area contributed by atoms with Crippen LogP contribution < -0.4 is 0 Å². The molecule has 0 amide bonds. The molecular formula is C35H38N2O2. The number of nitrogens with zero attached hydrogens (tertiary/aromatic N) is 2. The summed E-state index contributed by atoms with van der Waals surface area (Å²) in [6.07, 6.45) is 4.10. The van der Waals surface area contributed by atoms with Crippen molar-refractivity contribution in [3.63, 3.8) is 0 Å². The highest BCUT2D eigenvalue weighted by atomic mass is 16.3. The average Bonchev–Trinajstić information content (AvgIpc) is 2.88. The molecule has 0 saturated heterocycles. The zero-order chi connectivity index (χ0) is 28.2. The molecule has 0 aliphatic heterocycles. The summed E-state index contributed by atoms with van der Waals surface area (Å²) in [5, 5.41) is 22.3. The molecule has 0 aromatic heterocycles. The van der Waals surface area contributed by atoms with E-state index in [4.69, 9.17) is 0 Å². The molecule has 0 fully saturated rings. The number of aliphatic imine (C=N–C) groups is 2. The minimum atomic E-state index is -0.255. The van der Waals surface area contributed by atoms with E-state index in [0.717, 1.165) is 33.6 Å². The maximum atomic E-state index is 11.2. The third-order valence-corrected chi connectivity index (χ3v) is 6.64. The Labute approximate surface area is 232 Å². The van der Waals surface area contributed by atoms with E-state index in [1.807, 2.05) is 72.8 Å². The number of phenolic OH excluding ortho intramolecular Hbond substituents is 2. The van der Waals surface area contributed by atoms with Gasteiger partial charge in [-0.3, -0.25) is 9.98 Å². The fourth-order valence-electron chi connectivity index (χ4n) is 4.53. The largest absolute Gasteiger partial charge is 0.507 e. The topological polar surface area (TPSA) is 65.2 Å². The van der Waals surface area contributed by atoms with Crippen molar-refractivity contribution in [3.8, 4) is 11.5 Å². The van der Waals surface area contributed by atoms with E-state index in [2.05, 4.69) is 63.7 Å². The van der Waals surface area contributed by atoms with E-state index in [1.54, 1.807) is 12.4 Å². The van der Waals surface area contributed by atoms with Crippen molar-refractivity contribution in [1.29, 1.82) is 0 Å². The van der Waals surface area contributed by atoms with Gasteiger partial charge in [0.15, 0.2) is 0 Å². The molecule has 0 bridgehead atoms. The molecule has 0 saturated carbocycles. The molecule has 0 atom stereocenters. The summed E-state index contributed by atoms with van der Waals surface area (Å²) in [5.41, 5.74) is 6.37. The molecule has 4 rings (SSSR count). The van der Waals surface area contributed by atoms with Crippen molar-refractivity contribution < 1.29 is 10.2 Å². The number of benzene rings is 4. The van der Waals surface area contributed by atoms with Crippen LogP contribution in [0.4, 0.5) is 11.4 Å². The fraction of sp³-hybridized carbons (Fsp3) is 0.257. The quantitative estimate of drug-likeness (QED) is 0.251. The fourth-order valence-corrected chi connectivity index (χ4v) is 4.53. The average molecular weight is 519 g/mol. The van der Waals surface area contributed by atoms with Gasteiger partial charge in [0.25, 0.3) is 0 Å². The molecule has 4 aromatic rings. The summed E-state index contributed by atoms with van der Waals surface area (Å²) < 4.78 is 0. The lowest BCUT2D eigenvalue weighted by Gasteiger charge is -2.24.